The number of halogens is 1. The van der Waals surface area contributed by atoms with E-state index in [0.717, 1.165) is 62.4 Å². The van der Waals surface area contributed by atoms with Gasteiger partial charge in [0.1, 0.15) is 18.1 Å². The van der Waals surface area contributed by atoms with Crippen LogP contribution in [0.25, 0.3) is 5.57 Å². The molecule has 0 unspecified atom stereocenters. The van der Waals surface area contributed by atoms with Crippen LogP contribution in [-0.2, 0) is 24.2 Å². The van der Waals surface area contributed by atoms with Gasteiger partial charge in [-0.15, -0.1) is 0 Å². The summed E-state index contributed by atoms with van der Waals surface area (Å²) in [5.74, 6) is 1.85. The van der Waals surface area contributed by atoms with E-state index in [1.54, 1.807) is 7.11 Å². The zero-order valence-electron chi connectivity index (χ0n) is 21.9. The average Bonchev–Trinajstić information content (AvgIpc) is 2.86. The number of ether oxygens (including phenoxy) is 2. The van der Waals surface area contributed by atoms with E-state index in [-0.39, 0.29) is 18.5 Å². The maximum absolute atomic E-state index is 12.2. The third kappa shape index (κ3) is 6.28. The number of alkyl halides is 1. The van der Waals surface area contributed by atoms with Crippen LogP contribution in [0.5, 0.6) is 11.5 Å². The Labute approximate surface area is 214 Å². The number of allylic oxidation sites excluding steroid dienone is 1. The van der Waals surface area contributed by atoms with Gasteiger partial charge in [-0.05, 0) is 73.1 Å². The molecule has 0 radical (unpaired) electrons. The van der Waals surface area contributed by atoms with Crippen molar-refractivity contribution in [3.8, 4) is 11.5 Å². The zero-order valence-corrected chi connectivity index (χ0v) is 21.9. The van der Waals surface area contributed by atoms with Crippen LogP contribution in [-0.4, -0.2) is 50.8 Å². The maximum Gasteiger partial charge on any atom is 0.225 e. The number of amides is 1. The van der Waals surface area contributed by atoms with Gasteiger partial charge < -0.3 is 14.8 Å². The average molecular weight is 495 g/mol. The minimum absolute atomic E-state index is 0.0302. The Morgan fingerprint density at radius 3 is 2.75 bits per heavy atom. The first-order chi connectivity index (χ1) is 17.5. The standard InChI is InChI=1S/C30H39FN2O3/c1-4-6-22-7-8-25(29(15-22)35-3)20-36-27-11-12-28-21(2)24(10-9-23(28)16-27)17-33-18-26(19-33)30(34)32-14-5-13-31/h7-8,11-12,15-16,26H,4-6,9-10,13-14,17-20H2,1-3H3,(H,32,34). The third-order valence-electron chi connectivity index (χ3n) is 7.34. The Balaban J connectivity index is 1.33. The Bertz CT molecular complexity index is 1090. The molecule has 2 aromatic rings. The molecular formula is C30H39FN2O3. The van der Waals surface area contributed by atoms with Crippen LogP contribution in [0.15, 0.2) is 42.0 Å². The third-order valence-corrected chi connectivity index (χ3v) is 7.34. The van der Waals surface area contributed by atoms with Gasteiger partial charge in [-0.3, -0.25) is 14.1 Å². The van der Waals surface area contributed by atoms with Crippen LogP contribution in [0.2, 0.25) is 0 Å². The Hall–Kier alpha value is -2.86. The second-order valence-corrected chi connectivity index (χ2v) is 9.96. The van der Waals surface area contributed by atoms with Crippen molar-refractivity contribution in [2.75, 3.05) is 40.0 Å². The molecule has 1 heterocycles. The zero-order chi connectivity index (χ0) is 25.5. The number of benzene rings is 2. The summed E-state index contributed by atoms with van der Waals surface area (Å²) in [4.78, 5) is 14.5. The van der Waals surface area contributed by atoms with Crippen LogP contribution in [0.3, 0.4) is 0 Å². The van der Waals surface area contributed by atoms with Gasteiger partial charge in [0.15, 0.2) is 0 Å². The molecule has 4 rings (SSSR count). The van der Waals surface area contributed by atoms with Gasteiger partial charge in [0.05, 0.1) is 19.7 Å². The van der Waals surface area contributed by atoms with Gasteiger partial charge in [-0.2, -0.15) is 0 Å². The molecule has 6 heteroatoms. The first kappa shape index (κ1) is 26.2. The summed E-state index contributed by atoms with van der Waals surface area (Å²) in [5, 5.41) is 2.83. The van der Waals surface area contributed by atoms with Crippen molar-refractivity contribution >= 4 is 11.5 Å². The SMILES string of the molecule is CCCc1ccc(COc2ccc3c(c2)CCC(CN2CC(C(=O)NCCCF)C2)=C3C)c(OC)c1. The van der Waals surface area contributed by atoms with E-state index in [2.05, 4.69) is 60.5 Å². The molecule has 2 aromatic carbocycles. The highest BCUT2D eigenvalue weighted by molar-refractivity contribution is 5.80. The minimum atomic E-state index is -0.388. The smallest absolute Gasteiger partial charge is 0.225 e. The lowest BCUT2D eigenvalue weighted by molar-refractivity contribution is -0.129. The summed E-state index contributed by atoms with van der Waals surface area (Å²) >= 11 is 0. The molecule has 0 atom stereocenters. The van der Waals surface area contributed by atoms with E-state index in [9.17, 15) is 9.18 Å². The van der Waals surface area contributed by atoms with Crippen molar-refractivity contribution in [2.45, 2.75) is 52.6 Å². The molecule has 5 nitrogen and oxygen atoms in total. The van der Waals surface area contributed by atoms with E-state index in [0.29, 0.717) is 19.6 Å². The molecule has 0 bridgehead atoms. The number of likely N-dealkylation sites (tertiary alicyclic amines) is 1. The summed E-state index contributed by atoms with van der Waals surface area (Å²) in [5.41, 5.74) is 7.75. The molecule has 0 spiro atoms. The molecule has 36 heavy (non-hydrogen) atoms. The van der Waals surface area contributed by atoms with Gasteiger partial charge in [-0.1, -0.05) is 37.1 Å². The predicted octanol–water partition coefficient (Wildman–Crippen LogP) is 5.35. The number of nitrogens with zero attached hydrogens (tertiary/aromatic N) is 1. The van der Waals surface area contributed by atoms with Crippen LogP contribution in [0, 0.1) is 5.92 Å². The number of hydrogen-bond acceptors (Lipinski definition) is 4. The van der Waals surface area contributed by atoms with E-state index in [4.69, 9.17) is 9.47 Å². The van der Waals surface area contributed by atoms with Crippen LogP contribution >= 0.6 is 0 Å². The second-order valence-electron chi connectivity index (χ2n) is 9.96. The highest BCUT2D eigenvalue weighted by Crippen LogP contribution is 2.35. The van der Waals surface area contributed by atoms with E-state index in [1.807, 2.05) is 0 Å². The van der Waals surface area contributed by atoms with E-state index in [1.165, 1.54) is 27.8 Å². The Kier molecular flexibility index (Phi) is 9.03. The van der Waals surface area contributed by atoms with Crippen molar-refractivity contribution in [3.05, 3.63) is 64.2 Å². The molecule has 194 valence electrons. The summed E-state index contributed by atoms with van der Waals surface area (Å²) < 4.78 is 24.0. The molecule has 1 amide bonds. The van der Waals surface area contributed by atoms with Gasteiger partial charge in [0, 0.05) is 31.7 Å². The molecule has 1 fully saturated rings. The molecule has 1 aliphatic carbocycles. The topological polar surface area (TPSA) is 50.8 Å². The number of aryl methyl sites for hydroxylation is 2. The fraction of sp³-hybridized carbons (Fsp3) is 0.500. The largest absolute Gasteiger partial charge is 0.496 e. The summed E-state index contributed by atoms with van der Waals surface area (Å²) in [7, 11) is 1.71. The lowest BCUT2D eigenvalue weighted by Crippen LogP contribution is -2.54. The van der Waals surface area contributed by atoms with Crippen molar-refractivity contribution in [1.29, 1.82) is 0 Å². The van der Waals surface area contributed by atoms with Crippen LogP contribution in [0.1, 0.15) is 55.4 Å². The monoisotopic (exact) mass is 494 g/mol. The number of nitrogens with one attached hydrogen (secondary N) is 1. The van der Waals surface area contributed by atoms with Crippen molar-refractivity contribution in [3.63, 3.8) is 0 Å². The molecule has 0 aromatic heterocycles. The fourth-order valence-electron chi connectivity index (χ4n) is 5.16. The Morgan fingerprint density at radius 2 is 2.00 bits per heavy atom. The lowest BCUT2D eigenvalue weighted by Gasteiger charge is -2.39. The fourth-order valence-corrected chi connectivity index (χ4v) is 5.16. The van der Waals surface area contributed by atoms with Crippen LogP contribution in [0.4, 0.5) is 4.39 Å². The van der Waals surface area contributed by atoms with Gasteiger partial charge >= 0.3 is 0 Å². The molecule has 1 N–H and O–H groups in total. The number of carbonyl (C=O) groups excluding carboxylic acids is 1. The normalized spacial score (nSPS) is 15.9. The molecular weight excluding hydrogens is 455 g/mol. The predicted molar refractivity (Wildman–Crippen MR) is 142 cm³/mol. The van der Waals surface area contributed by atoms with Gasteiger partial charge in [0.2, 0.25) is 5.91 Å². The quantitative estimate of drug-likeness (QED) is 0.404. The van der Waals surface area contributed by atoms with Crippen molar-refractivity contribution in [1.82, 2.24) is 10.2 Å². The number of fused-ring (bicyclic) bond motifs is 1. The highest BCUT2D eigenvalue weighted by atomic mass is 19.1. The van der Waals surface area contributed by atoms with Crippen molar-refractivity contribution < 1.29 is 18.7 Å². The first-order valence-electron chi connectivity index (χ1n) is 13.2. The molecule has 1 saturated heterocycles. The molecule has 1 aliphatic heterocycles. The van der Waals surface area contributed by atoms with E-state index < -0.39 is 0 Å². The number of methoxy groups -OCH3 is 1. The number of rotatable bonds is 12. The highest BCUT2D eigenvalue weighted by Gasteiger charge is 2.33. The summed E-state index contributed by atoms with van der Waals surface area (Å²) in [6, 6.07) is 12.8. The first-order valence-corrected chi connectivity index (χ1v) is 13.2. The Morgan fingerprint density at radius 1 is 1.17 bits per heavy atom. The maximum atomic E-state index is 12.2. The van der Waals surface area contributed by atoms with Crippen LogP contribution < -0.4 is 14.8 Å². The van der Waals surface area contributed by atoms with Crippen molar-refractivity contribution in [2.24, 2.45) is 5.92 Å². The molecule has 2 aliphatic rings. The second kappa shape index (κ2) is 12.4. The summed E-state index contributed by atoms with van der Waals surface area (Å²) in [6.45, 7) is 7.37. The van der Waals surface area contributed by atoms with Gasteiger partial charge in [-0.25, -0.2) is 0 Å². The van der Waals surface area contributed by atoms with Gasteiger partial charge in [0.25, 0.3) is 0 Å². The lowest BCUT2D eigenvalue weighted by atomic mass is 9.85. The molecule has 0 saturated carbocycles. The van der Waals surface area contributed by atoms with E-state index >= 15 is 0 Å². The summed E-state index contributed by atoms with van der Waals surface area (Å²) in [6.07, 6.45) is 4.57. The minimum Gasteiger partial charge on any atom is -0.496 e. The number of carbonyl (C=O) groups is 1. The number of hydrogen-bond donors (Lipinski definition) is 1.